The molecule has 1 atom stereocenters. The van der Waals surface area contributed by atoms with Crippen molar-refractivity contribution >= 4 is 18.3 Å². The molecule has 1 saturated heterocycles. The predicted octanol–water partition coefficient (Wildman–Crippen LogP) is 2.84. The second-order valence-electron chi connectivity index (χ2n) is 6.07. The van der Waals surface area contributed by atoms with Crippen molar-refractivity contribution < 1.29 is 4.79 Å². The van der Waals surface area contributed by atoms with E-state index in [1.54, 1.807) is 0 Å². The molecule has 0 radical (unpaired) electrons. The number of carbonyl (C=O) groups excluding carboxylic acids is 1. The predicted molar refractivity (Wildman–Crippen MR) is 85.7 cm³/mol. The van der Waals surface area contributed by atoms with Crippen molar-refractivity contribution in [1.82, 2.24) is 10.6 Å². The van der Waals surface area contributed by atoms with E-state index >= 15 is 0 Å². The van der Waals surface area contributed by atoms with Crippen LogP contribution in [-0.2, 0) is 0 Å². The number of aryl methyl sites for hydroxylation is 2. The van der Waals surface area contributed by atoms with Gasteiger partial charge in [-0.3, -0.25) is 4.79 Å². The molecule has 2 N–H and O–H groups in total. The van der Waals surface area contributed by atoms with Crippen molar-refractivity contribution in [3.63, 3.8) is 0 Å². The lowest BCUT2D eigenvalue weighted by atomic mass is 9.83. The SMILES string of the molecule is Cc1ccc(C(=O)NCC2(C)CCCNC2)cc1C.Cl. The summed E-state index contributed by atoms with van der Waals surface area (Å²) < 4.78 is 0. The van der Waals surface area contributed by atoms with E-state index in [1.165, 1.54) is 18.4 Å². The summed E-state index contributed by atoms with van der Waals surface area (Å²) in [6.45, 7) is 9.16. The average molecular weight is 297 g/mol. The highest BCUT2D eigenvalue weighted by molar-refractivity contribution is 5.94. The van der Waals surface area contributed by atoms with E-state index in [4.69, 9.17) is 0 Å². The molecule has 1 amide bonds. The number of piperidine rings is 1. The van der Waals surface area contributed by atoms with Gasteiger partial charge in [0.15, 0.2) is 0 Å². The Labute approximate surface area is 127 Å². The number of amides is 1. The Hall–Kier alpha value is -1.06. The Morgan fingerprint density at radius 2 is 2.10 bits per heavy atom. The van der Waals surface area contributed by atoms with Crippen LogP contribution in [0, 0.1) is 19.3 Å². The zero-order chi connectivity index (χ0) is 13.9. The van der Waals surface area contributed by atoms with Crippen LogP contribution in [0.4, 0.5) is 0 Å². The second kappa shape index (κ2) is 7.09. The first-order valence-electron chi connectivity index (χ1n) is 7.06. The minimum Gasteiger partial charge on any atom is -0.351 e. The third-order valence-corrected chi connectivity index (χ3v) is 4.13. The van der Waals surface area contributed by atoms with Crippen LogP contribution in [0.15, 0.2) is 18.2 Å². The lowest BCUT2D eigenvalue weighted by Gasteiger charge is -2.34. The van der Waals surface area contributed by atoms with E-state index in [0.29, 0.717) is 0 Å². The molecule has 0 aromatic heterocycles. The maximum atomic E-state index is 12.2. The van der Waals surface area contributed by atoms with Crippen molar-refractivity contribution in [3.05, 3.63) is 34.9 Å². The Kier molecular flexibility index (Phi) is 6.03. The highest BCUT2D eigenvalue weighted by atomic mass is 35.5. The monoisotopic (exact) mass is 296 g/mol. The lowest BCUT2D eigenvalue weighted by molar-refractivity contribution is 0.0924. The number of hydrogen-bond acceptors (Lipinski definition) is 2. The van der Waals surface area contributed by atoms with E-state index in [9.17, 15) is 4.79 Å². The first kappa shape index (κ1) is 17.0. The molecule has 1 heterocycles. The minimum absolute atomic E-state index is 0. The molecule has 4 heteroatoms. The summed E-state index contributed by atoms with van der Waals surface area (Å²) in [5.41, 5.74) is 3.34. The smallest absolute Gasteiger partial charge is 0.251 e. The highest BCUT2D eigenvalue weighted by Crippen LogP contribution is 2.24. The molecule has 1 aliphatic heterocycles. The first-order valence-corrected chi connectivity index (χ1v) is 7.06. The van der Waals surface area contributed by atoms with Crippen molar-refractivity contribution in [2.75, 3.05) is 19.6 Å². The molecule has 1 aromatic carbocycles. The summed E-state index contributed by atoms with van der Waals surface area (Å²) in [6.07, 6.45) is 2.36. The molecular formula is C16H25ClN2O. The molecule has 0 saturated carbocycles. The quantitative estimate of drug-likeness (QED) is 0.900. The van der Waals surface area contributed by atoms with Gasteiger partial charge in [0.05, 0.1) is 0 Å². The molecule has 0 bridgehead atoms. The molecule has 0 aliphatic carbocycles. The van der Waals surface area contributed by atoms with Gasteiger partial charge in [0.25, 0.3) is 5.91 Å². The Balaban J connectivity index is 0.00000200. The van der Waals surface area contributed by atoms with Crippen LogP contribution in [0.1, 0.15) is 41.3 Å². The summed E-state index contributed by atoms with van der Waals surface area (Å²) in [5.74, 6) is 0.0369. The van der Waals surface area contributed by atoms with Crippen molar-refractivity contribution in [2.24, 2.45) is 5.41 Å². The zero-order valence-electron chi connectivity index (χ0n) is 12.6. The molecule has 1 aromatic rings. The van der Waals surface area contributed by atoms with Gasteiger partial charge in [0.1, 0.15) is 0 Å². The molecule has 20 heavy (non-hydrogen) atoms. The van der Waals surface area contributed by atoms with Crippen LogP contribution < -0.4 is 10.6 Å². The topological polar surface area (TPSA) is 41.1 Å². The van der Waals surface area contributed by atoms with Crippen LogP contribution in [0.3, 0.4) is 0 Å². The first-order chi connectivity index (χ1) is 9.00. The molecule has 1 fully saturated rings. The van der Waals surface area contributed by atoms with Gasteiger partial charge < -0.3 is 10.6 Å². The number of carbonyl (C=O) groups is 1. The number of benzene rings is 1. The van der Waals surface area contributed by atoms with Gasteiger partial charge in [-0.2, -0.15) is 0 Å². The molecular weight excluding hydrogens is 272 g/mol. The summed E-state index contributed by atoms with van der Waals surface area (Å²) in [4.78, 5) is 12.2. The molecule has 2 rings (SSSR count). The van der Waals surface area contributed by atoms with Crippen LogP contribution in [0.25, 0.3) is 0 Å². The largest absolute Gasteiger partial charge is 0.351 e. The summed E-state index contributed by atoms with van der Waals surface area (Å²) in [5, 5.41) is 6.48. The highest BCUT2D eigenvalue weighted by Gasteiger charge is 2.27. The van der Waals surface area contributed by atoms with Gasteiger partial charge in [-0.25, -0.2) is 0 Å². The number of halogens is 1. The van der Waals surface area contributed by atoms with Crippen molar-refractivity contribution in [2.45, 2.75) is 33.6 Å². The molecule has 1 aliphatic rings. The van der Waals surface area contributed by atoms with Gasteiger partial charge in [0.2, 0.25) is 0 Å². The third kappa shape index (κ3) is 4.22. The van der Waals surface area contributed by atoms with E-state index in [-0.39, 0.29) is 23.7 Å². The Morgan fingerprint density at radius 1 is 1.35 bits per heavy atom. The van der Waals surface area contributed by atoms with E-state index in [2.05, 4.69) is 24.5 Å². The Morgan fingerprint density at radius 3 is 2.70 bits per heavy atom. The summed E-state index contributed by atoms with van der Waals surface area (Å²) in [7, 11) is 0. The van der Waals surface area contributed by atoms with Crippen LogP contribution in [0.5, 0.6) is 0 Å². The van der Waals surface area contributed by atoms with Gasteiger partial charge in [-0.1, -0.05) is 13.0 Å². The fourth-order valence-corrected chi connectivity index (χ4v) is 2.55. The van der Waals surface area contributed by atoms with Gasteiger partial charge in [0, 0.05) is 18.7 Å². The normalized spacial score (nSPS) is 21.9. The number of rotatable bonds is 3. The third-order valence-electron chi connectivity index (χ3n) is 4.13. The standard InChI is InChI=1S/C16H24N2O.ClH/c1-12-5-6-14(9-13(12)2)15(19)18-11-16(3)7-4-8-17-10-16;/h5-6,9,17H,4,7-8,10-11H2,1-3H3,(H,18,19);1H. The summed E-state index contributed by atoms with van der Waals surface area (Å²) >= 11 is 0. The van der Waals surface area contributed by atoms with Gasteiger partial charge >= 0.3 is 0 Å². The fraction of sp³-hybridized carbons (Fsp3) is 0.562. The van der Waals surface area contributed by atoms with Crippen molar-refractivity contribution in [3.8, 4) is 0 Å². The molecule has 0 spiro atoms. The van der Waals surface area contributed by atoms with Crippen LogP contribution in [-0.4, -0.2) is 25.5 Å². The molecule has 3 nitrogen and oxygen atoms in total. The number of nitrogens with one attached hydrogen (secondary N) is 2. The van der Waals surface area contributed by atoms with Crippen LogP contribution in [0.2, 0.25) is 0 Å². The minimum atomic E-state index is 0. The average Bonchev–Trinajstić information content (AvgIpc) is 2.40. The van der Waals surface area contributed by atoms with E-state index in [1.807, 2.05) is 25.1 Å². The van der Waals surface area contributed by atoms with Crippen LogP contribution >= 0.6 is 12.4 Å². The maximum Gasteiger partial charge on any atom is 0.251 e. The summed E-state index contributed by atoms with van der Waals surface area (Å²) in [6, 6.07) is 5.87. The lowest BCUT2D eigenvalue weighted by Crippen LogP contribution is -2.45. The van der Waals surface area contributed by atoms with E-state index < -0.39 is 0 Å². The fourth-order valence-electron chi connectivity index (χ4n) is 2.55. The van der Waals surface area contributed by atoms with Gasteiger partial charge in [-0.05, 0) is 61.9 Å². The van der Waals surface area contributed by atoms with Gasteiger partial charge in [-0.15, -0.1) is 12.4 Å². The Bertz CT molecular complexity index is 468. The molecule has 112 valence electrons. The maximum absolute atomic E-state index is 12.2. The zero-order valence-corrected chi connectivity index (χ0v) is 13.4. The number of hydrogen-bond donors (Lipinski definition) is 2. The molecule has 1 unspecified atom stereocenters. The van der Waals surface area contributed by atoms with E-state index in [0.717, 1.165) is 30.8 Å². The second-order valence-corrected chi connectivity index (χ2v) is 6.07. The van der Waals surface area contributed by atoms with Crippen molar-refractivity contribution in [1.29, 1.82) is 0 Å².